The van der Waals surface area contributed by atoms with Crippen molar-refractivity contribution >= 4 is 17.5 Å². The van der Waals surface area contributed by atoms with Gasteiger partial charge >= 0.3 is 0 Å². The van der Waals surface area contributed by atoms with Gasteiger partial charge in [0.25, 0.3) is 5.91 Å². The molecule has 0 bridgehead atoms. The van der Waals surface area contributed by atoms with Gasteiger partial charge in [-0.1, -0.05) is 60.1 Å². The smallest absolute Gasteiger partial charge is 0.255 e. The Kier molecular flexibility index (Phi) is 6.30. The summed E-state index contributed by atoms with van der Waals surface area (Å²) in [5, 5.41) is 8.27. The first-order valence-corrected chi connectivity index (χ1v) is 9.53. The van der Waals surface area contributed by atoms with E-state index in [2.05, 4.69) is 22.5 Å². The van der Waals surface area contributed by atoms with E-state index in [-0.39, 0.29) is 5.91 Å². The first-order chi connectivity index (χ1) is 13.1. The van der Waals surface area contributed by atoms with Crippen LogP contribution in [0, 0.1) is 13.8 Å². The minimum Gasteiger partial charge on any atom is -0.352 e. The molecule has 3 aromatic rings. The Morgan fingerprint density at radius 1 is 1.07 bits per heavy atom. The molecule has 1 aromatic heterocycles. The van der Waals surface area contributed by atoms with Gasteiger partial charge in [-0.15, -0.1) is 0 Å². The maximum atomic E-state index is 12.6. The number of nitrogens with zero attached hydrogens (tertiary/aromatic N) is 2. The molecule has 0 spiro atoms. The van der Waals surface area contributed by atoms with Gasteiger partial charge in [0.05, 0.1) is 17.8 Å². The molecule has 0 fully saturated rings. The number of carbonyl (C=O) groups excluding carboxylic acids is 1. The summed E-state index contributed by atoms with van der Waals surface area (Å²) >= 11 is 6.25. The molecule has 1 heterocycles. The molecule has 4 nitrogen and oxygen atoms in total. The summed E-state index contributed by atoms with van der Waals surface area (Å²) < 4.78 is 1.84. The fraction of sp³-hybridized carbons (Fsp3) is 0.273. The zero-order chi connectivity index (χ0) is 19.2. The molecular formula is C22H24ClN3O. The number of carbonyl (C=O) groups is 1. The highest BCUT2D eigenvalue weighted by Gasteiger charge is 2.18. The van der Waals surface area contributed by atoms with Gasteiger partial charge < -0.3 is 5.32 Å². The van der Waals surface area contributed by atoms with Crippen molar-refractivity contribution < 1.29 is 4.79 Å². The molecule has 2 aromatic carbocycles. The molecule has 0 aliphatic rings. The molecule has 1 amide bonds. The number of nitrogens with one attached hydrogen (secondary N) is 1. The molecule has 1 N–H and O–H groups in total. The number of halogens is 1. The maximum Gasteiger partial charge on any atom is 0.255 e. The average molecular weight is 382 g/mol. The lowest BCUT2D eigenvalue weighted by Crippen LogP contribution is -2.26. The molecule has 0 radical (unpaired) electrons. The summed E-state index contributed by atoms with van der Waals surface area (Å²) in [7, 11) is 0. The van der Waals surface area contributed by atoms with E-state index in [9.17, 15) is 4.79 Å². The number of benzene rings is 2. The Hall–Kier alpha value is -2.59. The van der Waals surface area contributed by atoms with Crippen LogP contribution in [0.1, 0.15) is 39.3 Å². The zero-order valence-electron chi connectivity index (χ0n) is 15.7. The van der Waals surface area contributed by atoms with Crippen LogP contribution < -0.4 is 5.32 Å². The first-order valence-electron chi connectivity index (χ1n) is 9.16. The van der Waals surface area contributed by atoms with Crippen LogP contribution in [0.2, 0.25) is 5.02 Å². The molecule has 0 aliphatic carbocycles. The molecule has 0 atom stereocenters. The first kappa shape index (κ1) is 19.2. The fourth-order valence-corrected chi connectivity index (χ4v) is 3.39. The van der Waals surface area contributed by atoms with Gasteiger partial charge in [-0.05, 0) is 43.9 Å². The summed E-state index contributed by atoms with van der Waals surface area (Å²) in [5.41, 5.74) is 4.51. The normalized spacial score (nSPS) is 10.8. The SMILES string of the molecule is Cc1nn(Cc2ccccc2Cl)c(C)c1C(=O)NCCCc1ccccc1. The van der Waals surface area contributed by atoms with Crippen LogP contribution in [-0.2, 0) is 13.0 Å². The molecule has 3 rings (SSSR count). The second-order valence-electron chi connectivity index (χ2n) is 6.64. The molecule has 5 heteroatoms. The van der Waals surface area contributed by atoms with E-state index in [1.807, 2.05) is 61.0 Å². The predicted octanol–water partition coefficient (Wildman–Crippen LogP) is 4.56. The number of aryl methyl sites for hydroxylation is 2. The van der Waals surface area contributed by atoms with Crippen LogP contribution in [0.5, 0.6) is 0 Å². The molecule has 0 aliphatic heterocycles. The molecule has 0 unspecified atom stereocenters. The highest BCUT2D eigenvalue weighted by Crippen LogP contribution is 2.19. The second-order valence-corrected chi connectivity index (χ2v) is 7.05. The van der Waals surface area contributed by atoms with Crippen LogP contribution in [0.4, 0.5) is 0 Å². The van der Waals surface area contributed by atoms with Crippen LogP contribution in [0.15, 0.2) is 54.6 Å². The zero-order valence-corrected chi connectivity index (χ0v) is 16.5. The van der Waals surface area contributed by atoms with Crippen molar-refractivity contribution in [3.8, 4) is 0 Å². The highest BCUT2D eigenvalue weighted by atomic mass is 35.5. The third-order valence-electron chi connectivity index (χ3n) is 4.66. The summed E-state index contributed by atoms with van der Waals surface area (Å²) in [6.45, 7) is 4.99. The number of aromatic nitrogens is 2. The number of hydrogen-bond donors (Lipinski definition) is 1. The largest absolute Gasteiger partial charge is 0.352 e. The van der Waals surface area contributed by atoms with Crippen molar-refractivity contribution in [3.05, 3.63) is 87.7 Å². The van der Waals surface area contributed by atoms with Gasteiger partial charge in [0.2, 0.25) is 0 Å². The van der Waals surface area contributed by atoms with Crippen LogP contribution >= 0.6 is 11.6 Å². The number of amides is 1. The van der Waals surface area contributed by atoms with Crippen molar-refractivity contribution in [1.82, 2.24) is 15.1 Å². The molecular weight excluding hydrogens is 358 g/mol. The second kappa shape index (κ2) is 8.87. The lowest BCUT2D eigenvalue weighted by Gasteiger charge is -2.08. The fourth-order valence-electron chi connectivity index (χ4n) is 3.19. The molecule has 0 saturated heterocycles. The van der Waals surface area contributed by atoms with Crippen LogP contribution in [0.25, 0.3) is 0 Å². The van der Waals surface area contributed by atoms with Gasteiger partial charge in [-0.2, -0.15) is 5.10 Å². The van der Waals surface area contributed by atoms with Crippen LogP contribution in [-0.4, -0.2) is 22.2 Å². The summed E-state index contributed by atoms with van der Waals surface area (Å²) in [6.07, 6.45) is 1.85. The molecule has 140 valence electrons. The average Bonchev–Trinajstić information content (AvgIpc) is 2.95. The van der Waals surface area contributed by atoms with Gasteiger partial charge in [-0.3, -0.25) is 9.48 Å². The summed E-state index contributed by atoms with van der Waals surface area (Å²) in [4.78, 5) is 12.6. The Bertz CT molecular complexity index is 919. The van der Waals surface area contributed by atoms with Crippen molar-refractivity contribution in [2.24, 2.45) is 0 Å². The summed E-state index contributed by atoms with van der Waals surface area (Å²) in [6, 6.07) is 18.0. The van der Waals surface area contributed by atoms with Gasteiger partial charge in [-0.25, -0.2) is 0 Å². The Morgan fingerprint density at radius 3 is 2.52 bits per heavy atom. The van der Waals surface area contributed by atoms with E-state index in [1.165, 1.54) is 5.56 Å². The maximum absolute atomic E-state index is 12.6. The number of hydrogen-bond acceptors (Lipinski definition) is 2. The highest BCUT2D eigenvalue weighted by molar-refractivity contribution is 6.31. The lowest BCUT2D eigenvalue weighted by atomic mass is 10.1. The van der Waals surface area contributed by atoms with E-state index >= 15 is 0 Å². The third-order valence-corrected chi connectivity index (χ3v) is 5.03. The standard InChI is InChI=1S/C22H24ClN3O/c1-16-21(22(27)24-14-8-11-18-9-4-3-5-10-18)17(2)26(25-16)15-19-12-6-7-13-20(19)23/h3-7,9-10,12-13H,8,11,14-15H2,1-2H3,(H,24,27). The van der Waals surface area contributed by atoms with Crippen molar-refractivity contribution in [2.75, 3.05) is 6.54 Å². The summed E-state index contributed by atoms with van der Waals surface area (Å²) in [5.74, 6) is -0.0662. The van der Waals surface area contributed by atoms with Gasteiger partial charge in [0, 0.05) is 17.3 Å². The van der Waals surface area contributed by atoms with Gasteiger partial charge in [0.1, 0.15) is 0 Å². The van der Waals surface area contributed by atoms with E-state index in [0.29, 0.717) is 23.7 Å². The molecule has 0 saturated carbocycles. The molecule has 27 heavy (non-hydrogen) atoms. The third kappa shape index (κ3) is 4.77. The Morgan fingerprint density at radius 2 is 1.78 bits per heavy atom. The topological polar surface area (TPSA) is 46.9 Å². The van der Waals surface area contributed by atoms with E-state index < -0.39 is 0 Å². The van der Waals surface area contributed by atoms with Gasteiger partial charge in [0.15, 0.2) is 0 Å². The van der Waals surface area contributed by atoms with Crippen molar-refractivity contribution in [2.45, 2.75) is 33.2 Å². The van der Waals surface area contributed by atoms with Crippen LogP contribution in [0.3, 0.4) is 0 Å². The minimum absolute atomic E-state index is 0.0662. The Labute approximate surface area is 165 Å². The Balaban J connectivity index is 1.61. The monoisotopic (exact) mass is 381 g/mol. The van der Waals surface area contributed by atoms with E-state index in [0.717, 1.165) is 29.8 Å². The van der Waals surface area contributed by atoms with Crippen molar-refractivity contribution in [1.29, 1.82) is 0 Å². The number of rotatable bonds is 7. The van der Waals surface area contributed by atoms with Crippen molar-refractivity contribution in [3.63, 3.8) is 0 Å². The van der Waals surface area contributed by atoms with E-state index in [4.69, 9.17) is 11.6 Å². The lowest BCUT2D eigenvalue weighted by molar-refractivity contribution is 0.0952. The predicted molar refractivity (Wildman–Crippen MR) is 109 cm³/mol. The minimum atomic E-state index is -0.0662. The van der Waals surface area contributed by atoms with E-state index in [1.54, 1.807) is 0 Å². The quantitative estimate of drug-likeness (QED) is 0.609.